The van der Waals surface area contributed by atoms with Crippen molar-refractivity contribution in [1.82, 2.24) is 15.0 Å². The first-order chi connectivity index (χ1) is 12.9. The lowest BCUT2D eigenvalue weighted by atomic mass is 10.1. The van der Waals surface area contributed by atoms with Gasteiger partial charge in [-0.15, -0.1) is 0 Å². The molecule has 0 bridgehead atoms. The van der Waals surface area contributed by atoms with Crippen molar-refractivity contribution in [2.24, 2.45) is 0 Å². The monoisotopic (exact) mass is 429 g/mol. The van der Waals surface area contributed by atoms with E-state index in [1.54, 1.807) is 26.1 Å². The third-order valence-electron chi connectivity index (χ3n) is 3.97. The second-order valence-corrected chi connectivity index (χ2v) is 7.21. The minimum absolute atomic E-state index is 0.173. The first kappa shape index (κ1) is 19.1. The molecule has 0 N–H and O–H groups in total. The summed E-state index contributed by atoms with van der Waals surface area (Å²) in [6.45, 7) is 3.93. The minimum Gasteiger partial charge on any atom is -0.481 e. The van der Waals surface area contributed by atoms with Crippen LogP contribution in [0.2, 0.25) is 0 Å². The zero-order valence-corrected chi connectivity index (χ0v) is 16.9. The number of aryl methyl sites for hydroxylation is 1. The molecule has 0 aliphatic carbocycles. The molecule has 0 spiro atoms. The number of carbonyl (C=O) groups is 1. The van der Waals surface area contributed by atoms with Crippen LogP contribution >= 0.6 is 15.9 Å². The van der Waals surface area contributed by atoms with Crippen LogP contribution in [0.4, 0.5) is 0 Å². The van der Waals surface area contributed by atoms with E-state index in [0.29, 0.717) is 17.5 Å². The van der Waals surface area contributed by atoms with Gasteiger partial charge < -0.3 is 14.2 Å². The molecule has 0 aliphatic rings. The Kier molecular flexibility index (Phi) is 5.91. The molecule has 3 rings (SSSR count). The smallest absolute Gasteiger partial charge is 0.263 e. The zero-order chi connectivity index (χ0) is 19.4. The number of amides is 1. The molecule has 2 aromatic carbocycles. The highest BCUT2D eigenvalue weighted by atomic mass is 79.9. The maximum atomic E-state index is 12.5. The third kappa shape index (κ3) is 4.95. The summed E-state index contributed by atoms with van der Waals surface area (Å²) in [5.41, 5.74) is 2.00. The van der Waals surface area contributed by atoms with E-state index in [0.717, 1.165) is 15.6 Å². The molecule has 140 valence electrons. The fraction of sp³-hybridized carbons (Fsp3) is 0.250. The Labute approximate surface area is 166 Å². The van der Waals surface area contributed by atoms with Gasteiger partial charge in [0.25, 0.3) is 5.91 Å². The van der Waals surface area contributed by atoms with E-state index < -0.39 is 6.10 Å². The van der Waals surface area contributed by atoms with Crippen molar-refractivity contribution in [2.45, 2.75) is 26.5 Å². The maximum Gasteiger partial charge on any atom is 0.263 e. The number of ether oxygens (including phenoxy) is 1. The van der Waals surface area contributed by atoms with Gasteiger partial charge in [0.15, 0.2) is 6.10 Å². The summed E-state index contributed by atoms with van der Waals surface area (Å²) in [5, 5.41) is 4.00. The van der Waals surface area contributed by atoms with Gasteiger partial charge in [-0.1, -0.05) is 44.8 Å². The number of benzene rings is 2. The first-order valence-electron chi connectivity index (χ1n) is 8.49. The number of likely N-dealkylation sites (N-methyl/N-ethyl adjacent to an activating group) is 1. The number of hydrogen-bond donors (Lipinski definition) is 0. The lowest BCUT2D eigenvalue weighted by Gasteiger charge is -2.20. The van der Waals surface area contributed by atoms with Crippen LogP contribution < -0.4 is 4.74 Å². The summed E-state index contributed by atoms with van der Waals surface area (Å²) in [6, 6.07) is 15.2. The lowest BCUT2D eigenvalue weighted by Crippen LogP contribution is -2.37. The molecule has 7 heteroatoms. The van der Waals surface area contributed by atoms with Gasteiger partial charge in [0.2, 0.25) is 11.7 Å². The van der Waals surface area contributed by atoms with Gasteiger partial charge in [0.05, 0.1) is 6.54 Å². The van der Waals surface area contributed by atoms with Crippen LogP contribution in [-0.4, -0.2) is 34.1 Å². The summed E-state index contributed by atoms with van der Waals surface area (Å²) in [5.74, 6) is 1.34. The molecule has 27 heavy (non-hydrogen) atoms. The Morgan fingerprint density at radius 3 is 2.70 bits per heavy atom. The molecule has 0 radical (unpaired) electrons. The summed E-state index contributed by atoms with van der Waals surface area (Å²) in [6.07, 6.45) is -0.629. The molecular formula is C20H20BrN3O3. The second-order valence-electron chi connectivity index (χ2n) is 6.29. The van der Waals surface area contributed by atoms with Crippen LogP contribution in [0.25, 0.3) is 11.4 Å². The molecule has 0 fully saturated rings. The number of aromatic nitrogens is 2. The van der Waals surface area contributed by atoms with E-state index in [9.17, 15) is 4.79 Å². The van der Waals surface area contributed by atoms with Crippen LogP contribution in [0.1, 0.15) is 18.4 Å². The van der Waals surface area contributed by atoms with Crippen molar-refractivity contribution in [3.63, 3.8) is 0 Å². The molecule has 3 aromatic rings. The topological polar surface area (TPSA) is 68.5 Å². The molecule has 0 aliphatic heterocycles. The van der Waals surface area contributed by atoms with Crippen LogP contribution in [0, 0.1) is 6.92 Å². The maximum absolute atomic E-state index is 12.5. The van der Waals surface area contributed by atoms with Crippen LogP contribution in [0.5, 0.6) is 5.75 Å². The van der Waals surface area contributed by atoms with Gasteiger partial charge in [-0.3, -0.25) is 4.79 Å². The van der Waals surface area contributed by atoms with Crippen LogP contribution in [0.15, 0.2) is 57.5 Å². The first-order valence-corrected chi connectivity index (χ1v) is 9.28. The Bertz CT molecular complexity index is 924. The Morgan fingerprint density at radius 2 is 2.00 bits per heavy atom. The van der Waals surface area contributed by atoms with Crippen LogP contribution in [0.3, 0.4) is 0 Å². The molecule has 1 unspecified atom stereocenters. The highest BCUT2D eigenvalue weighted by Crippen LogP contribution is 2.19. The van der Waals surface area contributed by atoms with Gasteiger partial charge in [0, 0.05) is 17.1 Å². The van der Waals surface area contributed by atoms with Crippen molar-refractivity contribution in [2.75, 3.05) is 7.05 Å². The van der Waals surface area contributed by atoms with E-state index >= 15 is 0 Å². The average molecular weight is 430 g/mol. The molecule has 6 nitrogen and oxygen atoms in total. The van der Waals surface area contributed by atoms with E-state index in [1.165, 1.54) is 4.90 Å². The number of carbonyl (C=O) groups excluding carboxylic acids is 1. The fourth-order valence-electron chi connectivity index (χ4n) is 2.58. The summed E-state index contributed by atoms with van der Waals surface area (Å²) in [7, 11) is 1.68. The molecule has 1 aromatic heterocycles. The molecule has 1 amide bonds. The molecule has 1 atom stereocenters. The van der Waals surface area contributed by atoms with E-state index in [2.05, 4.69) is 26.1 Å². The van der Waals surface area contributed by atoms with Gasteiger partial charge >= 0.3 is 0 Å². The number of halogens is 1. The number of hydrogen-bond acceptors (Lipinski definition) is 5. The Hall–Kier alpha value is -2.67. The second kappa shape index (κ2) is 8.35. The quantitative estimate of drug-likeness (QED) is 0.586. The third-order valence-corrected chi connectivity index (χ3v) is 4.50. The SMILES string of the molecule is Cc1cccc(-c2noc(CN(C)C(=O)C(C)Oc3ccc(Br)cc3)n2)c1. The number of nitrogens with zero attached hydrogens (tertiary/aromatic N) is 3. The predicted octanol–water partition coefficient (Wildman–Crippen LogP) is 4.23. The van der Waals surface area contributed by atoms with E-state index in [4.69, 9.17) is 9.26 Å². The lowest BCUT2D eigenvalue weighted by molar-refractivity contribution is -0.137. The normalized spacial score (nSPS) is 11.9. The van der Waals surface area contributed by atoms with Crippen molar-refractivity contribution >= 4 is 21.8 Å². The van der Waals surface area contributed by atoms with Gasteiger partial charge in [-0.25, -0.2) is 0 Å². The molecular weight excluding hydrogens is 410 g/mol. The van der Waals surface area contributed by atoms with Gasteiger partial charge in [-0.2, -0.15) is 4.98 Å². The molecule has 1 heterocycles. The van der Waals surface area contributed by atoms with Gasteiger partial charge in [-0.05, 0) is 44.2 Å². The summed E-state index contributed by atoms with van der Waals surface area (Å²) < 4.78 is 11.9. The summed E-state index contributed by atoms with van der Waals surface area (Å²) in [4.78, 5) is 18.4. The minimum atomic E-state index is -0.629. The Morgan fingerprint density at radius 1 is 1.26 bits per heavy atom. The van der Waals surface area contributed by atoms with E-state index in [-0.39, 0.29) is 12.5 Å². The molecule has 0 saturated heterocycles. The number of rotatable bonds is 6. The zero-order valence-electron chi connectivity index (χ0n) is 15.3. The van der Waals surface area contributed by atoms with Crippen molar-refractivity contribution in [1.29, 1.82) is 0 Å². The summed E-state index contributed by atoms with van der Waals surface area (Å²) >= 11 is 3.37. The fourth-order valence-corrected chi connectivity index (χ4v) is 2.84. The van der Waals surface area contributed by atoms with Crippen molar-refractivity contribution < 1.29 is 14.1 Å². The van der Waals surface area contributed by atoms with Crippen LogP contribution in [-0.2, 0) is 11.3 Å². The molecule has 0 saturated carbocycles. The van der Waals surface area contributed by atoms with Crippen molar-refractivity contribution in [3.05, 3.63) is 64.5 Å². The Balaban J connectivity index is 1.61. The van der Waals surface area contributed by atoms with Gasteiger partial charge in [0.1, 0.15) is 5.75 Å². The predicted molar refractivity (Wildman–Crippen MR) is 105 cm³/mol. The highest BCUT2D eigenvalue weighted by Gasteiger charge is 2.21. The standard InChI is InChI=1S/C20H20BrN3O3/c1-13-5-4-6-15(11-13)19-22-18(27-23-19)12-24(3)20(25)14(2)26-17-9-7-16(21)8-10-17/h4-11,14H,12H2,1-3H3. The average Bonchev–Trinajstić information content (AvgIpc) is 3.11. The highest BCUT2D eigenvalue weighted by molar-refractivity contribution is 9.10. The largest absolute Gasteiger partial charge is 0.481 e. The van der Waals surface area contributed by atoms with Crippen molar-refractivity contribution in [3.8, 4) is 17.1 Å². The van der Waals surface area contributed by atoms with E-state index in [1.807, 2.05) is 43.3 Å².